The van der Waals surface area contributed by atoms with Crippen LogP contribution >= 0.6 is 11.3 Å². The zero-order valence-electron chi connectivity index (χ0n) is 13.4. The van der Waals surface area contributed by atoms with Gasteiger partial charge in [-0.15, -0.1) is 0 Å². The van der Waals surface area contributed by atoms with Crippen LogP contribution in [0.1, 0.15) is 19.3 Å². The molecule has 0 spiro atoms. The quantitative estimate of drug-likeness (QED) is 0.836. The number of amides is 1. The summed E-state index contributed by atoms with van der Waals surface area (Å²) in [5.41, 5.74) is 0.793. The van der Waals surface area contributed by atoms with Crippen molar-refractivity contribution in [1.82, 2.24) is 9.88 Å². The van der Waals surface area contributed by atoms with E-state index in [1.807, 2.05) is 4.90 Å². The Labute approximate surface area is 144 Å². The predicted octanol–water partition coefficient (Wildman–Crippen LogP) is 2.65. The molecule has 1 atom stereocenters. The highest BCUT2D eigenvalue weighted by molar-refractivity contribution is 7.22. The maximum atomic E-state index is 13.4. The van der Waals surface area contributed by atoms with Gasteiger partial charge in [-0.2, -0.15) is 0 Å². The molecule has 0 aliphatic carbocycles. The molecule has 128 valence electrons. The fraction of sp³-hybridized carbons (Fsp3) is 0.529. The van der Waals surface area contributed by atoms with Gasteiger partial charge in [-0.25, -0.2) is 9.37 Å². The molecule has 0 bridgehead atoms. The van der Waals surface area contributed by atoms with Gasteiger partial charge in [-0.05, 0) is 37.5 Å². The number of anilines is 1. The van der Waals surface area contributed by atoms with E-state index in [0.29, 0.717) is 19.7 Å². The van der Waals surface area contributed by atoms with Gasteiger partial charge in [-0.3, -0.25) is 4.79 Å². The summed E-state index contributed by atoms with van der Waals surface area (Å²) in [6.07, 6.45) is 2.92. The van der Waals surface area contributed by atoms with Gasteiger partial charge in [0.1, 0.15) is 5.82 Å². The van der Waals surface area contributed by atoms with Crippen molar-refractivity contribution in [3.63, 3.8) is 0 Å². The van der Waals surface area contributed by atoms with Crippen molar-refractivity contribution in [3.8, 4) is 0 Å². The number of nitrogens with zero attached hydrogens (tertiary/aromatic N) is 3. The number of carbonyl (C=O) groups is 1. The molecular formula is C17H20FN3O2S. The van der Waals surface area contributed by atoms with Crippen molar-refractivity contribution < 1.29 is 13.9 Å². The molecule has 2 fully saturated rings. The highest BCUT2D eigenvalue weighted by Gasteiger charge is 2.31. The van der Waals surface area contributed by atoms with Gasteiger partial charge >= 0.3 is 0 Å². The molecule has 0 N–H and O–H groups in total. The smallest absolute Gasteiger partial charge is 0.253 e. The van der Waals surface area contributed by atoms with Crippen molar-refractivity contribution in [3.05, 3.63) is 24.0 Å². The van der Waals surface area contributed by atoms with Gasteiger partial charge in [0.05, 0.1) is 23.4 Å². The Hall–Kier alpha value is -1.73. The first kappa shape index (κ1) is 15.8. The fourth-order valence-electron chi connectivity index (χ4n) is 3.31. The van der Waals surface area contributed by atoms with Gasteiger partial charge in [0.15, 0.2) is 11.2 Å². The lowest BCUT2D eigenvalue weighted by molar-refractivity contribution is -0.145. The Bertz CT molecular complexity index is 745. The van der Waals surface area contributed by atoms with E-state index in [2.05, 4.69) is 9.88 Å². The molecule has 0 saturated carbocycles. The molecule has 1 amide bonds. The highest BCUT2D eigenvalue weighted by atomic mass is 32.1. The number of rotatable bonds is 2. The third-order valence-electron chi connectivity index (χ3n) is 4.62. The maximum absolute atomic E-state index is 13.4. The number of thiazole rings is 1. The van der Waals surface area contributed by atoms with E-state index >= 15 is 0 Å². The first-order valence-corrected chi connectivity index (χ1v) is 9.24. The number of fused-ring (bicyclic) bond motifs is 1. The molecule has 4 rings (SSSR count). The molecule has 7 heteroatoms. The van der Waals surface area contributed by atoms with Crippen LogP contribution < -0.4 is 4.90 Å². The summed E-state index contributed by atoms with van der Waals surface area (Å²) in [5, 5.41) is 0.829. The van der Waals surface area contributed by atoms with Gasteiger partial charge in [0, 0.05) is 19.6 Å². The highest BCUT2D eigenvalue weighted by Crippen LogP contribution is 2.30. The first-order chi connectivity index (χ1) is 11.7. The van der Waals surface area contributed by atoms with Gasteiger partial charge in [-0.1, -0.05) is 11.3 Å². The summed E-state index contributed by atoms with van der Waals surface area (Å²) < 4.78 is 19.9. The van der Waals surface area contributed by atoms with Crippen LogP contribution in [0.5, 0.6) is 0 Å². The van der Waals surface area contributed by atoms with E-state index in [1.165, 1.54) is 29.9 Å². The third-order valence-corrected chi connectivity index (χ3v) is 5.70. The molecule has 2 saturated heterocycles. The summed E-state index contributed by atoms with van der Waals surface area (Å²) in [4.78, 5) is 21.2. The Morgan fingerprint density at radius 1 is 1.25 bits per heavy atom. The molecule has 24 heavy (non-hydrogen) atoms. The van der Waals surface area contributed by atoms with E-state index in [1.54, 1.807) is 6.07 Å². The summed E-state index contributed by atoms with van der Waals surface area (Å²) in [7, 11) is 0. The summed E-state index contributed by atoms with van der Waals surface area (Å²) >= 11 is 1.46. The second-order valence-electron chi connectivity index (χ2n) is 6.30. The molecule has 3 heterocycles. The van der Waals surface area contributed by atoms with E-state index < -0.39 is 6.10 Å². The van der Waals surface area contributed by atoms with E-state index in [-0.39, 0.29) is 11.7 Å². The largest absolute Gasteiger partial charge is 0.365 e. The number of hydrogen-bond donors (Lipinski definition) is 0. The summed E-state index contributed by atoms with van der Waals surface area (Å²) in [6.45, 7) is 3.39. The van der Waals surface area contributed by atoms with Crippen LogP contribution in [0.3, 0.4) is 0 Å². The van der Waals surface area contributed by atoms with Crippen molar-refractivity contribution in [1.29, 1.82) is 0 Å². The number of hydrogen-bond acceptors (Lipinski definition) is 5. The maximum Gasteiger partial charge on any atom is 0.253 e. The van der Waals surface area contributed by atoms with Crippen molar-refractivity contribution in [2.24, 2.45) is 0 Å². The number of carbonyl (C=O) groups excluding carboxylic acids is 1. The SMILES string of the molecule is O=C(C1CN(c2nc3ccc(F)cc3s2)CCO1)N1CCCCC1. The number of ether oxygens (including phenoxy) is 1. The van der Waals surface area contributed by atoms with Crippen LogP contribution in [0, 0.1) is 5.82 Å². The minimum Gasteiger partial charge on any atom is -0.365 e. The Morgan fingerprint density at radius 2 is 2.08 bits per heavy atom. The predicted molar refractivity (Wildman–Crippen MR) is 92.0 cm³/mol. The van der Waals surface area contributed by atoms with E-state index in [9.17, 15) is 9.18 Å². The average molecular weight is 349 g/mol. The molecule has 2 aromatic rings. The zero-order chi connectivity index (χ0) is 16.5. The van der Waals surface area contributed by atoms with Gasteiger partial charge in [0.25, 0.3) is 5.91 Å². The zero-order valence-corrected chi connectivity index (χ0v) is 14.2. The second kappa shape index (κ2) is 6.64. The van der Waals surface area contributed by atoms with Crippen LogP contribution in [0.4, 0.5) is 9.52 Å². The number of halogens is 1. The molecular weight excluding hydrogens is 329 g/mol. The molecule has 1 unspecified atom stereocenters. The lowest BCUT2D eigenvalue weighted by atomic mass is 10.1. The molecule has 5 nitrogen and oxygen atoms in total. The normalized spacial score (nSPS) is 22.1. The van der Waals surface area contributed by atoms with Crippen LogP contribution in [0.15, 0.2) is 18.2 Å². The Morgan fingerprint density at radius 3 is 2.92 bits per heavy atom. The Kier molecular flexibility index (Phi) is 4.37. The monoisotopic (exact) mass is 349 g/mol. The first-order valence-electron chi connectivity index (χ1n) is 8.42. The number of piperidine rings is 1. The molecule has 1 aromatic heterocycles. The van der Waals surface area contributed by atoms with Crippen LogP contribution in [-0.2, 0) is 9.53 Å². The third kappa shape index (κ3) is 3.10. The second-order valence-corrected chi connectivity index (χ2v) is 7.31. The molecule has 2 aliphatic heterocycles. The van der Waals surface area contributed by atoms with E-state index in [4.69, 9.17) is 4.74 Å². The topological polar surface area (TPSA) is 45.7 Å². The molecule has 0 radical (unpaired) electrons. The number of morpholine rings is 1. The van der Waals surface area contributed by atoms with Crippen molar-refractivity contribution >= 4 is 32.6 Å². The number of likely N-dealkylation sites (tertiary alicyclic amines) is 1. The average Bonchev–Trinajstić information content (AvgIpc) is 3.05. The fourth-order valence-corrected chi connectivity index (χ4v) is 4.34. The standard InChI is InChI=1S/C17H20FN3O2S/c18-12-4-5-13-15(10-12)24-17(19-13)21-8-9-23-14(11-21)16(22)20-6-2-1-3-7-20/h4-5,10,14H,1-3,6-9,11H2. The van der Waals surface area contributed by atoms with Crippen LogP contribution in [0.2, 0.25) is 0 Å². The van der Waals surface area contributed by atoms with Crippen LogP contribution in [0.25, 0.3) is 10.2 Å². The summed E-state index contributed by atoms with van der Waals surface area (Å²) in [5.74, 6) is -0.163. The van der Waals surface area contributed by atoms with Crippen molar-refractivity contribution in [2.45, 2.75) is 25.4 Å². The lowest BCUT2D eigenvalue weighted by Crippen LogP contribution is -2.52. The van der Waals surface area contributed by atoms with Gasteiger partial charge < -0.3 is 14.5 Å². The van der Waals surface area contributed by atoms with Gasteiger partial charge in [0.2, 0.25) is 0 Å². The Balaban J connectivity index is 1.50. The molecule has 1 aromatic carbocycles. The minimum absolute atomic E-state index is 0.0894. The summed E-state index contributed by atoms with van der Waals surface area (Å²) in [6, 6.07) is 4.63. The lowest BCUT2D eigenvalue weighted by Gasteiger charge is -2.36. The van der Waals surface area contributed by atoms with E-state index in [0.717, 1.165) is 41.3 Å². The van der Waals surface area contributed by atoms with Crippen LogP contribution in [-0.4, -0.2) is 54.7 Å². The number of benzene rings is 1. The van der Waals surface area contributed by atoms with Crippen molar-refractivity contribution in [2.75, 3.05) is 37.7 Å². The minimum atomic E-state index is -0.430. The number of aromatic nitrogens is 1. The molecule has 2 aliphatic rings.